The molecule has 0 amide bonds. The standard InChI is InChI=1S/C22H30O3/c1-13(20(24)25)17-6-7-18-16-5-4-14-12-15(23)8-10-21(14,2)19(16)9-11-22(17,18)3/h4-5,12-13,16-19H,6-11H2,1-3H3,(H,24,25). The van der Waals surface area contributed by atoms with Crippen LogP contribution in [0.1, 0.15) is 59.3 Å². The number of ketones is 1. The summed E-state index contributed by atoms with van der Waals surface area (Å²) in [5.41, 5.74) is 1.51. The van der Waals surface area contributed by atoms with Gasteiger partial charge in [-0.25, -0.2) is 0 Å². The van der Waals surface area contributed by atoms with E-state index in [0.717, 1.165) is 32.1 Å². The van der Waals surface area contributed by atoms with E-state index in [9.17, 15) is 14.7 Å². The summed E-state index contributed by atoms with van der Waals surface area (Å²) in [6.45, 7) is 6.62. The third-order valence-corrected chi connectivity index (χ3v) is 8.58. The number of hydrogen-bond donors (Lipinski definition) is 1. The molecule has 4 aliphatic rings. The smallest absolute Gasteiger partial charge is 0.306 e. The largest absolute Gasteiger partial charge is 0.481 e. The maximum atomic E-state index is 11.9. The fraction of sp³-hybridized carbons (Fsp3) is 0.727. The predicted molar refractivity (Wildman–Crippen MR) is 96.9 cm³/mol. The molecule has 0 radical (unpaired) electrons. The van der Waals surface area contributed by atoms with Crippen LogP contribution in [-0.2, 0) is 9.59 Å². The van der Waals surface area contributed by atoms with E-state index >= 15 is 0 Å². The summed E-state index contributed by atoms with van der Waals surface area (Å²) in [5, 5.41) is 9.55. The van der Waals surface area contributed by atoms with E-state index in [-0.39, 0.29) is 22.5 Å². The van der Waals surface area contributed by atoms with Gasteiger partial charge in [-0.2, -0.15) is 0 Å². The molecule has 0 aliphatic heterocycles. The number of carbonyl (C=O) groups excluding carboxylic acids is 1. The predicted octanol–water partition coefficient (Wildman–Crippen LogP) is 4.63. The third kappa shape index (κ3) is 2.30. The summed E-state index contributed by atoms with van der Waals surface area (Å²) in [6.07, 6.45) is 12.6. The molecule has 2 fully saturated rings. The Morgan fingerprint density at radius 1 is 1.20 bits per heavy atom. The van der Waals surface area contributed by atoms with E-state index in [1.54, 1.807) is 0 Å². The van der Waals surface area contributed by atoms with Crippen molar-refractivity contribution in [2.45, 2.75) is 59.3 Å². The lowest BCUT2D eigenvalue weighted by Crippen LogP contribution is -2.49. The Kier molecular flexibility index (Phi) is 3.79. The van der Waals surface area contributed by atoms with Gasteiger partial charge >= 0.3 is 5.97 Å². The number of carboxylic acid groups (broad SMARTS) is 1. The molecule has 4 aliphatic carbocycles. The molecular formula is C22H30O3. The second-order valence-electron chi connectivity index (χ2n) is 9.49. The number of rotatable bonds is 2. The van der Waals surface area contributed by atoms with Crippen LogP contribution in [0.5, 0.6) is 0 Å². The Balaban J connectivity index is 1.68. The van der Waals surface area contributed by atoms with Crippen LogP contribution >= 0.6 is 0 Å². The van der Waals surface area contributed by atoms with Gasteiger partial charge in [0.15, 0.2) is 5.78 Å². The zero-order chi connectivity index (χ0) is 18.0. The van der Waals surface area contributed by atoms with Crippen LogP contribution in [-0.4, -0.2) is 16.9 Å². The van der Waals surface area contributed by atoms with E-state index in [1.807, 2.05) is 13.0 Å². The zero-order valence-electron chi connectivity index (χ0n) is 15.6. The molecule has 0 heterocycles. The summed E-state index contributed by atoms with van der Waals surface area (Å²) in [7, 11) is 0. The third-order valence-electron chi connectivity index (χ3n) is 8.58. The van der Waals surface area contributed by atoms with Crippen LogP contribution in [0, 0.1) is 40.4 Å². The molecular weight excluding hydrogens is 312 g/mol. The normalized spacial score (nSPS) is 46.7. The molecule has 0 aromatic carbocycles. The quantitative estimate of drug-likeness (QED) is 0.796. The fourth-order valence-electron chi connectivity index (χ4n) is 7.03. The van der Waals surface area contributed by atoms with Crippen molar-refractivity contribution in [1.82, 2.24) is 0 Å². The minimum Gasteiger partial charge on any atom is -0.481 e. The van der Waals surface area contributed by atoms with Crippen molar-refractivity contribution in [2.75, 3.05) is 0 Å². The Hall–Kier alpha value is -1.38. The van der Waals surface area contributed by atoms with Crippen molar-refractivity contribution in [2.24, 2.45) is 40.4 Å². The molecule has 0 aromatic rings. The van der Waals surface area contributed by atoms with E-state index in [4.69, 9.17) is 0 Å². The lowest BCUT2D eigenvalue weighted by atomic mass is 9.48. The van der Waals surface area contributed by atoms with Gasteiger partial charge < -0.3 is 5.11 Å². The lowest BCUT2D eigenvalue weighted by molar-refractivity contribution is -0.145. The van der Waals surface area contributed by atoms with Crippen molar-refractivity contribution in [3.8, 4) is 0 Å². The average Bonchev–Trinajstić information content (AvgIpc) is 2.92. The monoisotopic (exact) mass is 342 g/mol. The molecule has 4 rings (SSSR count). The van der Waals surface area contributed by atoms with Crippen molar-refractivity contribution >= 4 is 11.8 Å². The average molecular weight is 342 g/mol. The van der Waals surface area contributed by atoms with Crippen LogP contribution in [0.2, 0.25) is 0 Å². The zero-order valence-corrected chi connectivity index (χ0v) is 15.6. The lowest BCUT2D eigenvalue weighted by Gasteiger charge is -2.56. The molecule has 1 N–H and O–H groups in total. The van der Waals surface area contributed by atoms with Crippen LogP contribution in [0.4, 0.5) is 0 Å². The van der Waals surface area contributed by atoms with Gasteiger partial charge in [-0.3, -0.25) is 9.59 Å². The summed E-state index contributed by atoms with van der Waals surface area (Å²) in [4.78, 5) is 23.5. The van der Waals surface area contributed by atoms with Gasteiger partial charge in [0.2, 0.25) is 0 Å². The topological polar surface area (TPSA) is 54.4 Å². The van der Waals surface area contributed by atoms with Crippen molar-refractivity contribution in [3.05, 3.63) is 23.8 Å². The number of fused-ring (bicyclic) bond motifs is 5. The minimum absolute atomic E-state index is 0.130. The minimum atomic E-state index is -0.642. The molecule has 0 aromatic heterocycles. The van der Waals surface area contributed by atoms with E-state index in [1.165, 1.54) is 5.57 Å². The first kappa shape index (κ1) is 17.1. The summed E-state index contributed by atoms with van der Waals surface area (Å²) < 4.78 is 0. The van der Waals surface area contributed by atoms with Gasteiger partial charge in [-0.05, 0) is 78.3 Å². The SMILES string of the molecule is CC(C(=O)O)C1CCC2C3C=CC4=CC(=O)CCC4(C)C3CCC12C. The maximum absolute atomic E-state index is 11.9. The second-order valence-corrected chi connectivity index (χ2v) is 9.49. The Labute approximate surface area is 150 Å². The van der Waals surface area contributed by atoms with Gasteiger partial charge in [-0.15, -0.1) is 0 Å². The van der Waals surface area contributed by atoms with Crippen LogP contribution < -0.4 is 0 Å². The van der Waals surface area contributed by atoms with Gasteiger partial charge in [0.05, 0.1) is 5.92 Å². The first-order valence-electron chi connectivity index (χ1n) is 9.93. The van der Waals surface area contributed by atoms with Crippen LogP contribution in [0.15, 0.2) is 23.8 Å². The van der Waals surface area contributed by atoms with E-state index in [0.29, 0.717) is 30.1 Å². The van der Waals surface area contributed by atoms with Gasteiger partial charge in [0.25, 0.3) is 0 Å². The summed E-state index contributed by atoms with van der Waals surface area (Å²) in [6, 6.07) is 0. The van der Waals surface area contributed by atoms with Crippen molar-refractivity contribution in [3.63, 3.8) is 0 Å². The first-order valence-corrected chi connectivity index (χ1v) is 9.93. The van der Waals surface area contributed by atoms with Crippen LogP contribution in [0.3, 0.4) is 0 Å². The van der Waals surface area contributed by atoms with Gasteiger partial charge in [0, 0.05) is 6.42 Å². The number of carboxylic acids is 1. The van der Waals surface area contributed by atoms with E-state index < -0.39 is 5.97 Å². The molecule has 7 atom stereocenters. The molecule has 3 heteroatoms. The fourth-order valence-corrected chi connectivity index (χ4v) is 7.03. The Bertz CT molecular complexity index is 675. The summed E-state index contributed by atoms with van der Waals surface area (Å²) in [5.74, 6) is 1.40. The Morgan fingerprint density at radius 3 is 2.68 bits per heavy atom. The van der Waals surface area contributed by atoms with Gasteiger partial charge in [-0.1, -0.05) is 32.9 Å². The highest BCUT2D eigenvalue weighted by Crippen LogP contribution is 2.66. The molecule has 7 unspecified atom stereocenters. The molecule has 2 saturated carbocycles. The summed E-state index contributed by atoms with van der Waals surface area (Å²) >= 11 is 0. The van der Waals surface area contributed by atoms with Crippen molar-refractivity contribution in [1.29, 1.82) is 0 Å². The second kappa shape index (κ2) is 5.56. The maximum Gasteiger partial charge on any atom is 0.306 e. The highest BCUT2D eigenvalue weighted by molar-refractivity contribution is 5.92. The van der Waals surface area contributed by atoms with Crippen molar-refractivity contribution < 1.29 is 14.7 Å². The number of hydrogen-bond acceptors (Lipinski definition) is 2. The van der Waals surface area contributed by atoms with Gasteiger partial charge in [0.1, 0.15) is 0 Å². The molecule has 136 valence electrons. The molecule has 0 saturated heterocycles. The highest BCUT2D eigenvalue weighted by atomic mass is 16.4. The highest BCUT2D eigenvalue weighted by Gasteiger charge is 2.59. The number of aliphatic carboxylic acids is 1. The molecule has 0 bridgehead atoms. The number of carbonyl (C=O) groups is 2. The number of allylic oxidation sites excluding steroid dienone is 4. The molecule has 3 nitrogen and oxygen atoms in total. The Morgan fingerprint density at radius 2 is 1.96 bits per heavy atom. The van der Waals surface area contributed by atoms with Crippen LogP contribution in [0.25, 0.3) is 0 Å². The molecule has 25 heavy (non-hydrogen) atoms. The molecule has 0 spiro atoms. The first-order chi connectivity index (χ1) is 11.8. The van der Waals surface area contributed by atoms with E-state index in [2.05, 4.69) is 26.0 Å².